The summed E-state index contributed by atoms with van der Waals surface area (Å²) >= 11 is 0. The molecule has 0 saturated heterocycles. The van der Waals surface area contributed by atoms with Gasteiger partial charge >= 0.3 is 5.97 Å². The molecule has 0 radical (unpaired) electrons. The summed E-state index contributed by atoms with van der Waals surface area (Å²) in [5, 5.41) is 0.789. The van der Waals surface area contributed by atoms with E-state index in [-0.39, 0.29) is 23.3 Å². The van der Waals surface area contributed by atoms with Crippen LogP contribution in [0.2, 0.25) is 0 Å². The van der Waals surface area contributed by atoms with Crippen molar-refractivity contribution in [1.82, 2.24) is 4.98 Å². The van der Waals surface area contributed by atoms with E-state index in [0.717, 1.165) is 12.0 Å². The molecule has 5 heteroatoms. The van der Waals surface area contributed by atoms with Crippen LogP contribution in [0.5, 0.6) is 0 Å². The van der Waals surface area contributed by atoms with Crippen LogP contribution in [0.4, 0.5) is 0 Å². The van der Waals surface area contributed by atoms with Gasteiger partial charge in [0, 0.05) is 0 Å². The Morgan fingerprint density at radius 1 is 1.22 bits per heavy atom. The van der Waals surface area contributed by atoms with Crippen molar-refractivity contribution in [3.05, 3.63) is 51.3 Å². The maximum absolute atomic E-state index is 12.7. The number of carbonyl (C=O) groups excluding carboxylic acids is 1. The molecule has 0 aliphatic rings. The summed E-state index contributed by atoms with van der Waals surface area (Å²) in [4.78, 5) is 29.0. The van der Waals surface area contributed by atoms with E-state index in [4.69, 9.17) is 9.15 Å². The van der Waals surface area contributed by atoms with Crippen LogP contribution < -0.4 is 5.43 Å². The van der Waals surface area contributed by atoms with Gasteiger partial charge in [-0.1, -0.05) is 13.0 Å². The summed E-state index contributed by atoms with van der Waals surface area (Å²) < 4.78 is 10.7. The maximum atomic E-state index is 12.7. The molecule has 1 aromatic carbocycles. The number of benzene rings is 1. The fraction of sp³-hybridized carbons (Fsp3) is 0.278. The Labute approximate surface area is 132 Å². The molecule has 0 fully saturated rings. The third-order valence-corrected chi connectivity index (χ3v) is 3.82. The molecule has 0 saturated carbocycles. The third kappa shape index (κ3) is 2.59. The number of carbonyl (C=O) groups is 1. The highest BCUT2D eigenvalue weighted by atomic mass is 16.5. The van der Waals surface area contributed by atoms with Crippen LogP contribution in [0, 0.1) is 6.92 Å². The number of esters is 1. The monoisotopic (exact) mass is 311 g/mol. The van der Waals surface area contributed by atoms with Crippen molar-refractivity contribution in [3.63, 3.8) is 0 Å². The second-order valence-corrected chi connectivity index (χ2v) is 5.31. The zero-order valence-corrected chi connectivity index (χ0v) is 13.3. The van der Waals surface area contributed by atoms with E-state index >= 15 is 0 Å². The Hall–Kier alpha value is -2.69. The third-order valence-electron chi connectivity index (χ3n) is 3.82. The van der Waals surface area contributed by atoms with Gasteiger partial charge in [0.05, 0.1) is 28.6 Å². The number of rotatable bonds is 3. The van der Waals surface area contributed by atoms with Gasteiger partial charge in [0.2, 0.25) is 11.1 Å². The number of hydrogen-bond acceptors (Lipinski definition) is 5. The van der Waals surface area contributed by atoms with Crippen molar-refractivity contribution < 1.29 is 13.9 Å². The molecule has 5 nitrogen and oxygen atoms in total. The van der Waals surface area contributed by atoms with E-state index in [9.17, 15) is 9.59 Å². The summed E-state index contributed by atoms with van der Waals surface area (Å²) in [6, 6.07) is 7.05. The van der Waals surface area contributed by atoms with Crippen molar-refractivity contribution in [2.75, 3.05) is 6.61 Å². The minimum absolute atomic E-state index is 0.186. The molecule has 0 unspecified atom stereocenters. The molecule has 23 heavy (non-hydrogen) atoms. The van der Waals surface area contributed by atoms with Crippen molar-refractivity contribution in [1.29, 1.82) is 0 Å². The quantitative estimate of drug-likeness (QED) is 0.548. The molecule has 0 atom stereocenters. The van der Waals surface area contributed by atoms with Crippen molar-refractivity contribution in [2.45, 2.75) is 27.2 Å². The number of ether oxygens (including phenoxy) is 1. The smallest absolute Gasteiger partial charge is 0.339 e. The molecule has 0 bridgehead atoms. The first-order chi connectivity index (χ1) is 11.0. The first-order valence-electron chi connectivity index (χ1n) is 7.59. The molecular formula is C18H17NO4. The van der Waals surface area contributed by atoms with Gasteiger partial charge in [-0.05, 0) is 44.0 Å². The minimum atomic E-state index is -0.485. The van der Waals surface area contributed by atoms with Gasteiger partial charge in [-0.15, -0.1) is 0 Å². The summed E-state index contributed by atoms with van der Waals surface area (Å²) in [6.07, 6.45) is 0.827. The normalized spacial score (nSPS) is 11.1. The fourth-order valence-electron chi connectivity index (χ4n) is 2.55. The standard InChI is InChI=1S/C18H17NO4/c1-4-11-6-7-15-13(8-11)16(20)14-9-12(18(21)22-5-2)10(3)19-17(14)23-15/h6-9H,4-5H2,1-3H3. The Morgan fingerprint density at radius 3 is 2.70 bits per heavy atom. The number of hydrogen-bond donors (Lipinski definition) is 0. The van der Waals surface area contributed by atoms with Crippen LogP contribution in [-0.4, -0.2) is 17.6 Å². The molecule has 0 aliphatic carbocycles. The zero-order valence-electron chi connectivity index (χ0n) is 13.3. The fourth-order valence-corrected chi connectivity index (χ4v) is 2.55. The topological polar surface area (TPSA) is 69.4 Å². The number of fused-ring (bicyclic) bond motifs is 2. The molecule has 118 valence electrons. The lowest BCUT2D eigenvalue weighted by Gasteiger charge is -2.07. The minimum Gasteiger partial charge on any atom is -0.462 e. The lowest BCUT2D eigenvalue weighted by molar-refractivity contribution is 0.0525. The summed E-state index contributed by atoms with van der Waals surface area (Å²) in [5.74, 6) is -0.485. The molecular weight excluding hydrogens is 294 g/mol. The van der Waals surface area contributed by atoms with E-state index in [0.29, 0.717) is 22.0 Å². The van der Waals surface area contributed by atoms with Gasteiger partial charge in [0.1, 0.15) is 5.58 Å². The zero-order chi connectivity index (χ0) is 16.6. The first kappa shape index (κ1) is 15.2. The predicted molar refractivity (Wildman–Crippen MR) is 87.9 cm³/mol. The van der Waals surface area contributed by atoms with Crippen molar-refractivity contribution in [2.24, 2.45) is 0 Å². The van der Waals surface area contributed by atoms with Gasteiger partial charge in [0.15, 0.2) is 0 Å². The van der Waals surface area contributed by atoms with Gasteiger partial charge in [-0.25, -0.2) is 9.78 Å². The van der Waals surface area contributed by atoms with Gasteiger partial charge < -0.3 is 9.15 Å². The Balaban J connectivity index is 2.32. The van der Waals surface area contributed by atoms with E-state index in [1.165, 1.54) is 6.07 Å². The highest BCUT2D eigenvalue weighted by Crippen LogP contribution is 2.21. The molecule has 0 spiro atoms. The van der Waals surface area contributed by atoms with E-state index in [1.807, 2.05) is 19.1 Å². The summed E-state index contributed by atoms with van der Waals surface area (Å²) in [7, 11) is 0. The number of aryl methyl sites for hydroxylation is 2. The summed E-state index contributed by atoms with van der Waals surface area (Å²) in [5.41, 5.74) is 2.36. The van der Waals surface area contributed by atoms with Crippen LogP contribution in [0.3, 0.4) is 0 Å². The van der Waals surface area contributed by atoms with Gasteiger partial charge in [-0.3, -0.25) is 4.79 Å². The largest absolute Gasteiger partial charge is 0.462 e. The maximum Gasteiger partial charge on any atom is 0.339 e. The highest BCUT2D eigenvalue weighted by Gasteiger charge is 2.16. The molecule has 0 aliphatic heterocycles. The molecule has 0 amide bonds. The molecule has 2 aromatic heterocycles. The van der Waals surface area contributed by atoms with Crippen LogP contribution in [0.15, 0.2) is 33.5 Å². The molecule has 3 aromatic rings. The Morgan fingerprint density at radius 2 is 2.00 bits per heavy atom. The van der Waals surface area contributed by atoms with Gasteiger partial charge in [0.25, 0.3) is 0 Å². The number of aromatic nitrogens is 1. The average Bonchev–Trinajstić information content (AvgIpc) is 2.54. The van der Waals surface area contributed by atoms with Crippen molar-refractivity contribution in [3.8, 4) is 0 Å². The van der Waals surface area contributed by atoms with Crippen LogP contribution in [0.25, 0.3) is 22.1 Å². The molecule has 0 N–H and O–H groups in total. The van der Waals surface area contributed by atoms with Crippen LogP contribution >= 0.6 is 0 Å². The average molecular weight is 311 g/mol. The number of nitrogens with zero attached hydrogens (tertiary/aromatic N) is 1. The van der Waals surface area contributed by atoms with Crippen molar-refractivity contribution >= 4 is 28.0 Å². The SMILES string of the molecule is CCOC(=O)c1cc2c(=O)c3cc(CC)ccc3oc2nc1C. The molecule has 2 heterocycles. The first-order valence-corrected chi connectivity index (χ1v) is 7.59. The van der Waals surface area contributed by atoms with Gasteiger partial charge in [-0.2, -0.15) is 0 Å². The van der Waals surface area contributed by atoms with E-state index in [2.05, 4.69) is 4.98 Å². The predicted octanol–water partition coefficient (Wildman–Crippen LogP) is 3.39. The van der Waals surface area contributed by atoms with E-state index in [1.54, 1.807) is 19.9 Å². The van der Waals surface area contributed by atoms with E-state index < -0.39 is 5.97 Å². The Bertz CT molecular complexity index is 972. The lowest BCUT2D eigenvalue weighted by atomic mass is 10.1. The highest BCUT2D eigenvalue weighted by molar-refractivity contribution is 5.96. The summed E-state index contributed by atoms with van der Waals surface area (Å²) in [6.45, 7) is 5.71. The van der Waals surface area contributed by atoms with Crippen LogP contribution in [0.1, 0.15) is 35.5 Å². The van der Waals surface area contributed by atoms with Crippen LogP contribution in [-0.2, 0) is 11.2 Å². The number of pyridine rings is 1. The second kappa shape index (κ2) is 5.83. The second-order valence-electron chi connectivity index (χ2n) is 5.31. The molecule has 3 rings (SSSR count). The Kier molecular flexibility index (Phi) is 3.86. The lowest BCUT2D eigenvalue weighted by Crippen LogP contribution is -2.11.